The van der Waals surface area contributed by atoms with E-state index in [1.165, 1.54) is 0 Å². The second-order valence-electron chi connectivity index (χ2n) is 7.29. The van der Waals surface area contributed by atoms with E-state index in [1.807, 2.05) is 25.1 Å². The van der Waals surface area contributed by atoms with Gasteiger partial charge in [0, 0.05) is 30.3 Å². The van der Waals surface area contributed by atoms with Gasteiger partial charge in [0.1, 0.15) is 0 Å². The largest absolute Gasteiger partial charge is 0.493 e. The molecule has 0 bridgehead atoms. The highest BCUT2D eigenvalue weighted by Crippen LogP contribution is 2.36. The molecule has 4 rings (SSSR count). The number of ether oxygens (including phenoxy) is 2. The Balaban J connectivity index is 1.45. The number of nitrogens with one attached hydrogen (secondary N) is 2. The highest BCUT2D eigenvalue weighted by atomic mass is 16.5. The van der Waals surface area contributed by atoms with Crippen LogP contribution in [0.5, 0.6) is 11.5 Å². The van der Waals surface area contributed by atoms with Crippen molar-refractivity contribution in [3.8, 4) is 11.5 Å². The van der Waals surface area contributed by atoms with Crippen molar-refractivity contribution in [2.75, 3.05) is 20.3 Å². The highest BCUT2D eigenvalue weighted by Gasteiger charge is 2.29. The number of aromatic amines is 1. The van der Waals surface area contributed by atoms with Crippen LogP contribution in [0.15, 0.2) is 18.2 Å². The summed E-state index contributed by atoms with van der Waals surface area (Å²) in [5.74, 6) is 1.59. The predicted octanol–water partition coefficient (Wildman–Crippen LogP) is 2.83. The van der Waals surface area contributed by atoms with Gasteiger partial charge in [-0.15, -0.1) is 0 Å². The van der Waals surface area contributed by atoms with E-state index in [4.69, 9.17) is 9.47 Å². The zero-order chi connectivity index (χ0) is 19.0. The van der Waals surface area contributed by atoms with Crippen LogP contribution in [0.25, 0.3) is 0 Å². The average Bonchev–Trinajstić information content (AvgIpc) is 3.02. The van der Waals surface area contributed by atoms with Gasteiger partial charge in [-0.3, -0.25) is 9.59 Å². The fourth-order valence-corrected chi connectivity index (χ4v) is 4.09. The third-order valence-corrected chi connectivity index (χ3v) is 5.41. The lowest BCUT2D eigenvalue weighted by molar-refractivity contribution is 0.0917. The molecule has 0 saturated heterocycles. The number of carbonyl (C=O) groups is 2. The predicted molar refractivity (Wildman–Crippen MR) is 101 cm³/mol. The maximum atomic E-state index is 12.8. The molecule has 1 aliphatic carbocycles. The number of rotatable bonds is 4. The second kappa shape index (κ2) is 7.10. The summed E-state index contributed by atoms with van der Waals surface area (Å²) in [4.78, 5) is 28.3. The standard InChI is InChI=1S/C21H24N2O4/c1-12-18(19-15(23-12)6-4-7-16(19)24)21(25)22-10-13-9-14-5-3-8-17(26-2)20(14)27-11-13/h3,5,8,13,23H,4,6-7,9-11H2,1-2H3,(H,22,25)/t13-/m0/s1. The van der Waals surface area contributed by atoms with E-state index in [-0.39, 0.29) is 17.6 Å². The molecule has 27 heavy (non-hydrogen) atoms. The molecule has 0 spiro atoms. The van der Waals surface area contributed by atoms with Crippen molar-refractivity contribution in [2.24, 2.45) is 5.92 Å². The van der Waals surface area contributed by atoms with E-state index in [9.17, 15) is 9.59 Å². The van der Waals surface area contributed by atoms with Crippen LogP contribution < -0.4 is 14.8 Å². The third kappa shape index (κ3) is 3.20. The number of fused-ring (bicyclic) bond motifs is 2. The fourth-order valence-electron chi connectivity index (χ4n) is 4.09. The Morgan fingerprint density at radius 2 is 2.22 bits per heavy atom. The first-order valence-electron chi connectivity index (χ1n) is 9.40. The van der Waals surface area contributed by atoms with Gasteiger partial charge in [-0.1, -0.05) is 12.1 Å². The monoisotopic (exact) mass is 368 g/mol. The Kier molecular flexibility index (Phi) is 4.64. The molecule has 1 aromatic carbocycles. The van der Waals surface area contributed by atoms with Crippen LogP contribution in [0.4, 0.5) is 0 Å². The summed E-state index contributed by atoms with van der Waals surface area (Å²) in [6.45, 7) is 2.88. The van der Waals surface area contributed by atoms with Crippen molar-refractivity contribution in [1.29, 1.82) is 0 Å². The number of ketones is 1. The molecule has 0 unspecified atom stereocenters. The summed E-state index contributed by atoms with van der Waals surface area (Å²) in [5, 5.41) is 3.00. The number of amides is 1. The molecule has 2 N–H and O–H groups in total. The molecule has 6 nitrogen and oxygen atoms in total. The van der Waals surface area contributed by atoms with Gasteiger partial charge in [0.25, 0.3) is 5.91 Å². The van der Waals surface area contributed by atoms with Crippen LogP contribution in [0, 0.1) is 12.8 Å². The molecule has 1 aliphatic heterocycles. The first-order valence-corrected chi connectivity index (χ1v) is 9.40. The molecule has 142 valence electrons. The summed E-state index contributed by atoms with van der Waals surface area (Å²) in [6, 6.07) is 5.86. The molecule has 6 heteroatoms. The molecule has 0 radical (unpaired) electrons. The van der Waals surface area contributed by atoms with E-state index < -0.39 is 0 Å². The fraction of sp³-hybridized carbons (Fsp3) is 0.429. The molecule has 0 saturated carbocycles. The van der Waals surface area contributed by atoms with Crippen molar-refractivity contribution < 1.29 is 19.1 Å². The van der Waals surface area contributed by atoms with Crippen LogP contribution in [0.2, 0.25) is 0 Å². The molecule has 1 atom stereocenters. The normalized spacial score (nSPS) is 18.3. The number of benzene rings is 1. The number of aromatic nitrogens is 1. The van der Waals surface area contributed by atoms with Gasteiger partial charge in [-0.25, -0.2) is 0 Å². The Hall–Kier alpha value is -2.76. The summed E-state index contributed by atoms with van der Waals surface area (Å²) < 4.78 is 11.2. The van der Waals surface area contributed by atoms with Crippen molar-refractivity contribution in [2.45, 2.75) is 32.6 Å². The molecule has 0 fully saturated rings. The van der Waals surface area contributed by atoms with E-state index in [0.717, 1.165) is 47.7 Å². The molecule has 2 aliphatic rings. The van der Waals surface area contributed by atoms with Gasteiger partial charge in [-0.2, -0.15) is 0 Å². The van der Waals surface area contributed by atoms with Crippen LogP contribution in [0.3, 0.4) is 0 Å². The number of hydrogen-bond acceptors (Lipinski definition) is 4. The van der Waals surface area contributed by atoms with Crippen molar-refractivity contribution in [1.82, 2.24) is 10.3 Å². The van der Waals surface area contributed by atoms with Crippen molar-refractivity contribution in [3.63, 3.8) is 0 Å². The van der Waals surface area contributed by atoms with Gasteiger partial charge in [-0.05, 0) is 37.8 Å². The van der Waals surface area contributed by atoms with Crippen LogP contribution in [0.1, 0.15) is 50.5 Å². The smallest absolute Gasteiger partial charge is 0.253 e. The Morgan fingerprint density at radius 1 is 1.37 bits per heavy atom. The summed E-state index contributed by atoms with van der Waals surface area (Å²) in [6.07, 6.45) is 3.00. The minimum atomic E-state index is -0.184. The Labute approximate surface area is 158 Å². The number of methoxy groups -OCH3 is 1. The van der Waals surface area contributed by atoms with Crippen LogP contribution >= 0.6 is 0 Å². The minimum absolute atomic E-state index is 0.0628. The van der Waals surface area contributed by atoms with E-state index >= 15 is 0 Å². The first-order chi connectivity index (χ1) is 13.1. The topological polar surface area (TPSA) is 80.4 Å². The van der Waals surface area contributed by atoms with Gasteiger partial charge < -0.3 is 19.8 Å². The summed E-state index contributed by atoms with van der Waals surface area (Å²) >= 11 is 0. The maximum Gasteiger partial charge on any atom is 0.253 e. The second-order valence-corrected chi connectivity index (χ2v) is 7.29. The highest BCUT2D eigenvalue weighted by molar-refractivity contribution is 6.10. The van der Waals surface area contributed by atoms with Crippen LogP contribution in [-0.2, 0) is 12.8 Å². The summed E-state index contributed by atoms with van der Waals surface area (Å²) in [5.41, 5.74) is 3.85. The molecular formula is C21H24N2O4. The van der Waals surface area contributed by atoms with Gasteiger partial charge in [0.2, 0.25) is 0 Å². The van der Waals surface area contributed by atoms with Gasteiger partial charge in [0.05, 0.1) is 24.8 Å². The molecule has 2 aromatic rings. The first kappa shape index (κ1) is 17.6. The maximum absolute atomic E-state index is 12.8. The Morgan fingerprint density at radius 3 is 3.04 bits per heavy atom. The summed E-state index contributed by atoms with van der Waals surface area (Å²) in [7, 11) is 1.63. The number of H-pyrrole nitrogens is 1. The van der Waals surface area contributed by atoms with Gasteiger partial charge >= 0.3 is 0 Å². The zero-order valence-corrected chi connectivity index (χ0v) is 15.7. The van der Waals surface area contributed by atoms with Crippen molar-refractivity contribution in [3.05, 3.63) is 46.3 Å². The number of para-hydroxylation sites is 1. The van der Waals surface area contributed by atoms with Crippen molar-refractivity contribution >= 4 is 11.7 Å². The molecule has 2 heterocycles. The minimum Gasteiger partial charge on any atom is -0.493 e. The molecule has 1 aromatic heterocycles. The van der Waals surface area contributed by atoms with Gasteiger partial charge in [0.15, 0.2) is 17.3 Å². The number of Topliss-reactive ketones (excluding diaryl/α,β-unsaturated/α-hetero) is 1. The number of hydrogen-bond donors (Lipinski definition) is 2. The average molecular weight is 368 g/mol. The van der Waals surface area contributed by atoms with E-state index in [2.05, 4.69) is 10.3 Å². The number of aryl methyl sites for hydroxylation is 2. The lowest BCUT2D eigenvalue weighted by Crippen LogP contribution is -2.35. The third-order valence-electron chi connectivity index (χ3n) is 5.41. The van der Waals surface area contributed by atoms with E-state index in [1.54, 1.807) is 7.11 Å². The molecule has 1 amide bonds. The SMILES string of the molecule is COc1cccc2c1OC[C@H](CNC(=O)c1c(C)[nH]c3c1C(=O)CCC3)C2. The number of carbonyl (C=O) groups excluding carboxylic acids is 2. The van der Waals surface area contributed by atoms with E-state index in [0.29, 0.717) is 30.7 Å². The lowest BCUT2D eigenvalue weighted by atomic mass is 9.92. The lowest BCUT2D eigenvalue weighted by Gasteiger charge is -2.26. The quantitative estimate of drug-likeness (QED) is 0.870. The zero-order valence-electron chi connectivity index (χ0n) is 15.7. The molecular weight excluding hydrogens is 344 g/mol. The van der Waals surface area contributed by atoms with Crippen LogP contribution in [-0.4, -0.2) is 36.9 Å². The Bertz CT molecular complexity index is 900.